The van der Waals surface area contributed by atoms with Gasteiger partial charge in [-0.1, -0.05) is 11.6 Å². The average Bonchev–Trinajstić information content (AvgIpc) is 3.28. The van der Waals surface area contributed by atoms with Crippen molar-refractivity contribution in [2.24, 2.45) is 12.8 Å². The molecule has 12 nitrogen and oxygen atoms in total. The zero-order valence-corrected chi connectivity index (χ0v) is 21.4. The van der Waals surface area contributed by atoms with Gasteiger partial charge in [-0.2, -0.15) is 0 Å². The number of ether oxygens (including phenoxy) is 1. The molecule has 4 N–H and O–H groups in total. The number of morpholine rings is 1. The van der Waals surface area contributed by atoms with Gasteiger partial charge in [-0.25, -0.2) is 14.4 Å². The lowest BCUT2D eigenvalue weighted by Gasteiger charge is -2.28. The molecule has 5 rings (SSSR count). The molecule has 1 saturated heterocycles. The van der Waals surface area contributed by atoms with Gasteiger partial charge >= 0.3 is 0 Å². The first kappa shape index (κ1) is 26.1. The number of nitrogens with two attached hydrogens (primary N) is 1. The van der Waals surface area contributed by atoms with Crippen LogP contribution in [0.3, 0.4) is 0 Å². The van der Waals surface area contributed by atoms with Crippen molar-refractivity contribution in [1.29, 1.82) is 0 Å². The van der Waals surface area contributed by atoms with Gasteiger partial charge in [0.25, 0.3) is 11.5 Å². The minimum Gasteiger partial charge on any atom is -0.506 e. The highest BCUT2D eigenvalue weighted by molar-refractivity contribution is 6.33. The molecule has 4 heterocycles. The van der Waals surface area contributed by atoms with E-state index in [0.29, 0.717) is 43.2 Å². The van der Waals surface area contributed by atoms with Crippen molar-refractivity contribution in [3.8, 4) is 16.9 Å². The highest BCUT2D eigenvalue weighted by Gasteiger charge is 2.22. The Labute approximate surface area is 225 Å². The van der Waals surface area contributed by atoms with E-state index >= 15 is 0 Å². The number of benzene rings is 1. The molecule has 0 saturated carbocycles. The number of hydrogen-bond donors (Lipinski definition) is 3. The molecule has 3 aromatic heterocycles. The van der Waals surface area contributed by atoms with Crippen LogP contribution in [-0.2, 0) is 23.1 Å². The van der Waals surface area contributed by atoms with Crippen LogP contribution in [0.15, 0.2) is 41.7 Å². The van der Waals surface area contributed by atoms with Gasteiger partial charge in [0.15, 0.2) is 5.82 Å². The summed E-state index contributed by atoms with van der Waals surface area (Å²) in [5, 5.41) is 12.7. The van der Waals surface area contributed by atoms with Crippen LogP contribution in [0.1, 0.15) is 10.4 Å². The number of nitrogens with zero attached hydrogens (tertiary/aromatic N) is 5. The summed E-state index contributed by atoms with van der Waals surface area (Å²) >= 11 is 6.12. The highest BCUT2D eigenvalue weighted by Crippen LogP contribution is 2.36. The van der Waals surface area contributed by atoms with Crippen LogP contribution >= 0.6 is 11.6 Å². The van der Waals surface area contributed by atoms with E-state index in [1.807, 2.05) is 4.90 Å². The minimum atomic E-state index is -0.916. The number of nitrogens with one attached hydrogen (secondary N) is 1. The summed E-state index contributed by atoms with van der Waals surface area (Å²) in [4.78, 5) is 48.3. The van der Waals surface area contributed by atoms with Crippen LogP contribution in [0.5, 0.6) is 5.75 Å². The number of aryl methyl sites for hydroxylation is 1. The van der Waals surface area contributed by atoms with Gasteiger partial charge in [-0.05, 0) is 17.7 Å². The molecule has 1 fully saturated rings. The number of halogens is 2. The Balaban J connectivity index is 1.51. The molecule has 0 spiro atoms. The Kier molecular flexibility index (Phi) is 6.93. The van der Waals surface area contributed by atoms with Crippen LogP contribution in [0.25, 0.3) is 22.2 Å². The summed E-state index contributed by atoms with van der Waals surface area (Å²) in [5.41, 5.74) is 5.46. The number of anilines is 2. The monoisotopic (exact) mass is 555 g/mol. The number of primary amides is 1. The number of aromatic nitrogens is 4. The second-order valence-electron chi connectivity index (χ2n) is 8.92. The Morgan fingerprint density at radius 3 is 2.69 bits per heavy atom. The molecule has 2 amide bonds. The highest BCUT2D eigenvalue weighted by atomic mass is 35.5. The largest absolute Gasteiger partial charge is 0.506 e. The number of aromatic hydroxyl groups is 1. The minimum absolute atomic E-state index is 0.0477. The lowest BCUT2D eigenvalue weighted by atomic mass is 10.0. The number of pyridine rings is 1. The Morgan fingerprint density at radius 2 is 1.97 bits per heavy atom. The summed E-state index contributed by atoms with van der Waals surface area (Å²) in [5.74, 6) is -2.19. The maximum Gasteiger partial charge on any atom is 0.263 e. The van der Waals surface area contributed by atoms with Crippen molar-refractivity contribution in [3.05, 3.63) is 63.7 Å². The molecule has 202 valence electrons. The lowest BCUT2D eigenvalue weighted by Crippen LogP contribution is -2.36. The maximum atomic E-state index is 14.5. The van der Waals surface area contributed by atoms with E-state index in [1.54, 1.807) is 0 Å². The molecular formula is C25H23ClFN7O5. The third-order valence-electron chi connectivity index (χ3n) is 6.34. The fraction of sp³-hybridized carbons (Fsp3) is 0.240. The van der Waals surface area contributed by atoms with Gasteiger partial charge < -0.3 is 34.9 Å². The first-order chi connectivity index (χ1) is 18.6. The van der Waals surface area contributed by atoms with Gasteiger partial charge in [-0.3, -0.25) is 14.4 Å². The van der Waals surface area contributed by atoms with Crippen LogP contribution < -0.4 is 21.5 Å². The van der Waals surface area contributed by atoms with Crippen LogP contribution in [0, 0.1) is 5.82 Å². The second-order valence-corrected chi connectivity index (χ2v) is 9.33. The number of carbonyl (C=O) groups is 2. The van der Waals surface area contributed by atoms with Crippen molar-refractivity contribution in [1.82, 2.24) is 19.1 Å². The summed E-state index contributed by atoms with van der Waals surface area (Å²) in [7, 11) is 1.51. The SMILES string of the molecule is Cn1cnc2c(c(-c3cc(Cl)c(O)c(C(N)=O)c3)cn2CC(=O)Nc2cc(N3CCOCC3)ncc2F)c1=O. The molecule has 1 aromatic carbocycles. The van der Waals surface area contributed by atoms with E-state index in [1.165, 1.54) is 46.9 Å². The van der Waals surface area contributed by atoms with Crippen LogP contribution in [-0.4, -0.2) is 62.3 Å². The smallest absolute Gasteiger partial charge is 0.263 e. The summed E-state index contributed by atoms with van der Waals surface area (Å²) < 4.78 is 22.5. The molecule has 0 unspecified atom stereocenters. The number of hydrogen-bond acceptors (Lipinski definition) is 8. The average molecular weight is 556 g/mol. The van der Waals surface area contributed by atoms with Gasteiger partial charge in [0, 0.05) is 38.0 Å². The molecular weight excluding hydrogens is 533 g/mol. The lowest BCUT2D eigenvalue weighted by molar-refractivity contribution is -0.116. The third kappa shape index (κ3) is 5.01. The molecule has 0 bridgehead atoms. The molecule has 0 atom stereocenters. The summed E-state index contributed by atoms with van der Waals surface area (Å²) in [6.07, 6.45) is 3.84. The first-order valence-corrected chi connectivity index (χ1v) is 12.2. The zero-order chi connectivity index (χ0) is 27.8. The number of rotatable bonds is 6. The van der Waals surface area contributed by atoms with Gasteiger partial charge in [0.1, 0.15) is 23.8 Å². The normalized spacial score (nSPS) is 13.6. The fourth-order valence-electron chi connectivity index (χ4n) is 4.38. The molecule has 1 aliphatic heterocycles. The van der Waals surface area contributed by atoms with Gasteiger partial charge in [-0.15, -0.1) is 0 Å². The van der Waals surface area contributed by atoms with Crippen molar-refractivity contribution >= 4 is 46.0 Å². The predicted molar refractivity (Wildman–Crippen MR) is 141 cm³/mol. The predicted octanol–water partition coefficient (Wildman–Crippen LogP) is 1.87. The van der Waals surface area contributed by atoms with Crippen LogP contribution in [0.2, 0.25) is 5.02 Å². The molecule has 0 radical (unpaired) electrons. The third-order valence-corrected chi connectivity index (χ3v) is 6.63. The van der Waals surface area contributed by atoms with E-state index in [-0.39, 0.29) is 33.9 Å². The van der Waals surface area contributed by atoms with Crippen molar-refractivity contribution in [3.63, 3.8) is 0 Å². The number of amides is 2. The van der Waals surface area contributed by atoms with Crippen molar-refractivity contribution in [2.75, 3.05) is 36.5 Å². The molecule has 39 heavy (non-hydrogen) atoms. The Hall–Kier alpha value is -4.49. The van der Waals surface area contributed by atoms with E-state index in [0.717, 1.165) is 6.20 Å². The van der Waals surface area contributed by atoms with Crippen molar-refractivity contribution < 1.29 is 23.8 Å². The van der Waals surface area contributed by atoms with E-state index in [2.05, 4.69) is 15.3 Å². The van der Waals surface area contributed by atoms with Gasteiger partial charge in [0.05, 0.1) is 47.4 Å². The van der Waals surface area contributed by atoms with E-state index in [9.17, 15) is 23.9 Å². The number of fused-ring (bicyclic) bond motifs is 1. The quantitative estimate of drug-likeness (QED) is 0.325. The fourth-order valence-corrected chi connectivity index (χ4v) is 4.60. The maximum absolute atomic E-state index is 14.5. The first-order valence-electron chi connectivity index (χ1n) is 11.8. The van der Waals surface area contributed by atoms with Gasteiger partial charge in [0.2, 0.25) is 5.91 Å². The Morgan fingerprint density at radius 1 is 1.23 bits per heavy atom. The topological polar surface area (TPSA) is 158 Å². The van der Waals surface area contributed by atoms with E-state index < -0.39 is 28.9 Å². The number of phenols is 1. The molecule has 14 heteroatoms. The van der Waals surface area contributed by atoms with Crippen LogP contribution in [0.4, 0.5) is 15.9 Å². The standard InChI is InChI=1S/C25H23ClFN7O5/c1-32-12-30-24-21(25(32)38)15(13-6-14(23(28)37)22(36)16(26)7-13)10-34(24)11-20(35)31-18-8-19(29-9-17(18)27)33-2-4-39-5-3-33/h6-10,12,36H,2-5,11H2,1H3,(H2,28,37)(H,29,31,35). The second kappa shape index (κ2) is 10.3. The molecule has 1 aliphatic rings. The number of carbonyl (C=O) groups excluding carboxylic acids is 2. The zero-order valence-electron chi connectivity index (χ0n) is 20.6. The summed E-state index contributed by atoms with van der Waals surface area (Å²) in [6, 6.07) is 4.12. The summed E-state index contributed by atoms with van der Waals surface area (Å²) in [6.45, 7) is 1.89. The van der Waals surface area contributed by atoms with Crippen molar-refractivity contribution in [2.45, 2.75) is 6.54 Å². The molecule has 4 aromatic rings. The van der Waals surface area contributed by atoms with E-state index in [4.69, 9.17) is 22.1 Å². The Bertz CT molecular complexity index is 1680. The molecule has 0 aliphatic carbocycles.